The first-order chi connectivity index (χ1) is 8.70. The van der Waals surface area contributed by atoms with Gasteiger partial charge < -0.3 is 15.7 Å². The third-order valence-corrected chi connectivity index (χ3v) is 3.36. The number of nitrogens with zero attached hydrogens (tertiary/aromatic N) is 3. The van der Waals surface area contributed by atoms with Crippen LogP contribution in [-0.2, 0) is 0 Å². The Balaban J connectivity index is 1.95. The van der Waals surface area contributed by atoms with Crippen molar-refractivity contribution in [2.45, 2.75) is 19.3 Å². The number of amides is 1. The second-order valence-electron chi connectivity index (χ2n) is 4.58. The van der Waals surface area contributed by atoms with E-state index < -0.39 is 5.91 Å². The van der Waals surface area contributed by atoms with E-state index in [0.717, 1.165) is 32.4 Å². The van der Waals surface area contributed by atoms with Gasteiger partial charge in [0.05, 0.1) is 5.56 Å². The number of aromatic nitrogens is 2. The maximum Gasteiger partial charge on any atom is 0.251 e. The molecule has 3 N–H and O–H groups in total. The molecule has 0 radical (unpaired) electrons. The van der Waals surface area contributed by atoms with Crippen molar-refractivity contribution < 1.29 is 9.90 Å². The molecule has 6 nitrogen and oxygen atoms in total. The van der Waals surface area contributed by atoms with E-state index in [1.54, 1.807) is 0 Å². The van der Waals surface area contributed by atoms with Gasteiger partial charge in [-0.1, -0.05) is 0 Å². The number of hydrogen-bond donors (Lipinski definition) is 2. The van der Waals surface area contributed by atoms with Crippen LogP contribution in [0, 0.1) is 5.92 Å². The second kappa shape index (κ2) is 5.77. The first-order valence-corrected chi connectivity index (χ1v) is 6.18. The molecule has 0 aromatic carbocycles. The van der Waals surface area contributed by atoms with Crippen molar-refractivity contribution in [3.8, 4) is 0 Å². The smallest absolute Gasteiger partial charge is 0.251 e. The van der Waals surface area contributed by atoms with Crippen LogP contribution in [-0.4, -0.2) is 40.7 Å². The van der Waals surface area contributed by atoms with Gasteiger partial charge in [0, 0.05) is 32.1 Å². The van der Waals surface area contributed by atoms with E-state index >= 15 is 0 Å². The molecular formula is C12H18N4O2. The van der Waals surface area contributed by atoms with Crippen LogP contribution in [0.2, 0.25) is 0 Å². The molecule has 0 aliphatic carbocycles. The maximum atomic E-state index is 10.9. The maximum absolute atomic E-state index is 10.9. The van der Waals surface area contributed by atoms with E-state index in [2.05, 4.69) is 14.9 Å². The van der Waals surface area contributed by atoms with Gasteiger partial charge in [-0.2, -0.15) is 0 Å². The van der Waals surface area contributed by atoms with E-state index in [9.17, 15) is 4.79 Å². The van der Waals surface area contributed by atoms with Crippen LogP contribution in [0.15, 0.2) is 12.4 Å². The summed E-state index contributed by atoms with van der Waals surface area (Å²) < 4.78 is 0. The van der Waals surface area contributed by atoms with Crippen molar-refractivity contribution in [3.63, 3.8) is 0 Å². The fourth-order valence-corrected chi connectivity index (χ4v) is 2.22. The highest BCUT2D eigenvalue weighted by Crippen LogP contribution is 2.22. The van der Waals surface area contributed by atoms with Gasteiger partial charge in [0.15, 0.2) is 0 Å². The van der Waals surface area contributed by atoms with Crippen molar-refractivity contribution >= 4 is 11.9 Å². The molecular weight excluding hydrogens is 232 g/mol. The van der Waals surface area contributed by atoms with Crippen molar-refractivity contribution in [1.82, 2.24) is 9.97 Å². The molecule has 2 rings (SSSR count). The summed E-state index contributed by atoms with van der Waals surface area (Å²) >= 11 is 0. The normalized spacial score (nSPS) is 16.8. The zero-order valence-corrected chi connectivity index (χ0v) is 10.2. The predicted octanol–water partition coefficient (Wildman–Crippen LogP) is 0.174. The Kier molecular flexibility index (Phi) is 4.09. The number of carbonyl (C=O) groups excluding carboxylic acids is 1. The zero-order chi connectivity index (χ0) is 13.0. The standard InChI is InChI=1S/C12H18N4O2/c13-11(18)10-7-14-12(15-8-10)16-4-1-9(2-5-16)3-6-17/h7-9,17H,1-6H2,(H2,13,18). The Morgan fingerprint density at radius 3 is 2.50 bits per heavy atom. The van der Waals surface area contributed by atoms with E-state index in [1.807, 2.05) is 0 Å². The first-order valence-electron chi connectivity index (χ1n) is 6.18. The summed E-state index contributed by atoms with van der Waals surface area (Å²) in [6, 6.07) is 0. The fourth-order valence-electron chi connectivity index (χ4n) is 2.22. The average molecular weight is 250 g/mol. The average Bonchev–Trinajstić information content (AvgIpc) is 2.40. The Hall–Kier alpha value is -1.69. The van der Waals surface area contributed by atoms with E-state index in [-0.39, 0.29) is 6.61 Å². The molecule has 0 saturated carbocycles. The number of aliphatic hydroxyl groups is 1. The van der Waals surface area contributed by atoms with Gasteiger partial charge in [-0.3, -0.25) is 4.79 Å². The topological polar surface area (TPSA) is 92.3 Å². The quantitative estimate of drug-likeness (QED) is 0.795. The molecule has 98 valence electrons. The lowest BCUT2D eigenvalue weighted by molar-refractivity contribution is 0.0999. The molecule has 18 heavy (non-hydrogen) atoms. The van der Waals surface area contributed by atoms with Crippen LogP contribution in [0.3, 0.4) is 0 Å². The van der Waals surface area contributed by atoms with Crippen molar-refractivity contribution in [2.75, 3.05) is 24.6 Å². The highest BCUT2D eigenvalue weighted by atomic mass is 16.3. The monoisotopic (exact) mass is 250 g/mol. The summed E-state index contributed by atoms with van der Waals surface area (Å²) in [5.41, 5.74) is 5.47. The molecule has 1 aliphatic heterocycles. The number of primary amides is 1. The molecule has 2 heterocycles. The number of aliphatic hydroxyl groups excluding tert-OH is 1. The van der Waals surface area contributed by atoms with E-state index in [1.165, 1.54) is 12.4 Å². The molecule has 1 fully saturated rings. The number of carbonyl (C=O) groups is 1. The summed E-state index contributed by atoms with van der Waals surface area (Å²) in [5, 5.41) is 8.90. The van der Waals surface area contributed by atoms with Gasteiger partial charge in [0.2, 0.25) is 5.95 Å². The zero-order valence-electron chi connectivity index (χ0n) is 10.2. The molecule has 6 heteroatoms. The molecule has 1 aromatic rings. The predicted molar refractivity (Wildman–Crippen MR) is 67.2 cm³/mol. The summed E-state index contributed by atoms with van der Waals surface area (Å²) in [6.07, 6.45) is 5.88. The van der Waals surface area contributed by atoms with Crippen LogP contribution < -0.4 is 10.6 Å². The van der Waals surface area contributed by atoms with Crippen LogP contribution in [0.5, 0.6) is 0 Å². The molecule has 1 aromatic heterocycles. The van der Waals surface area contributed by atoms with Crippen LogP contribution in [0.4, 0.5) is 5.95 Å². The van der Waals surface area contributed by atoms with E-state index in [4.69, 9.17) is 10.8 Å². The molecule has 0 unspecified atom stereocenters. The highest BCUT2D eigenvalue weighted by Gasteiger charge is 2.20. The van der Waals surface area contributed by atoms with Gasteiger partial charge in [0.1, 0.15) is 0 Å². The minimum atomic E-state index is -0.511. The number of hydrogen-bond acceptors (Lipinski definition) is 5. The Bertz CT molecular complexity index is 399. The van der Waals surface area contributed by atoms with Gasteiger partial charge >= 0.3 is 0 Å². The van der Waals surface area contributed by atoms with Crippen molar-refractivity contribution in [3.05, 3.63) is 18.0 Å². The SMILES string of the molecule is NC(=O)c1cnc(N2CCC(CCO)CC2)nc1. The lowest BCUT2D eigenvalue weighted by Crippen LogP contribution is -2.35. The van der Waals surface area contributed by atoms with E-state index in [0.29, 0.717) is 17.4 Å². The summed E-state index contributed by atoms with van der Waals surface area (Å²) in [4.78, 5) is 21.3. The molecule has 1 aliphatic rings. The Labute approximate surface area is 106 Å². The van der Waals surface area contributed by atoms with Gasteiger partial charge in [-0.05, 0) is 25.2 Å². The van der Waals surface area contributed by atoms with Gasteiger partial charge in [0.25, 0.3) is 5.91 Å². The summed E-state index contributed by atoms with van der Waals surface area (Å²) in [7, 11) is 0. The highest BCUT2D eigenvalue weighted by molar-refractivity contribution is 5.92. The first kappa shape index (κ1) is 12.8. The third-order valence-electron chi connectivity index (χ3n) is 3.36. The second-order valence-corrected chi connectivity index (χ2v) is 4.58. The third kappa shape index (κ3) is 2.95. The van der Waals surface area contributed by atoms with Gasteiger partial charge in [-0.25, -0.2) is 9.97 Å². The molecule has 1 amide bonds. The lowest BCUT2D eigenvalue weighted by atomic mass is 9.94. The summed E-state index contributed by atoms with van der Waals surface area (Å²) in [6.45, 7) is 2.04. The van der Waals surface area contributed by atoms with Crippen LogP contribution >= 0.6 is 0 Å². The Morgan fingerprint density at radius 1 is 1.39 bits per heavy atom. The molecule has 1 saturated heterocycles. The van der Waals surface area contributed by atoms with Crippen LogP contribution in [0.25, 0.3) is 0 Å². The molecule has 0 spiro atoms. The minimum absolute atomic E-state index is 0.258. The molecule has 0 atom stereocenters. The van der Waals surface area contributed by atoms with Crippen molar-refractivity contribution in [2.24, 2.45) is 11.7 Å². The number of nitrogens with two attached hydrogens (primary N) is 1. The number of rotatable bonds is 4. The number of piperidine rings is 1. The van der Waals surface area contributed by atoms with Gasteiger partial charge in [-0.15, -0.1) is 0 Å². The van der Waals surface area contributed by atoms with Crippen LogP contribution in [0.1, 0.15) is 29.6 Å². The molecule has 0 bridgehead atoms. The van der Waals surface area contributed by atoms with Crippen molar-refractivity contribution in [1.29, 1.82) is 0 Å². The minimum Gasteiger partial charge on any atom is -0.396 e. The largest absolute Gasteiger partial charge is 0.396 e. The lowest BCUT2D eigenvalue weighted by Gasteiger charge is -2.31. The Morgan fingerprint density at radius 2 is 2.00 bits per heavy atom. The number of anilines is 1. The summed E-state index contributed by atoms with van der Waals surface area (Å²) in [5.74, 6) is 0.724. The fraction of sp³-hybridized carbons (Fsp3) is 0.583.